The predicted molar refractivity (Wildman–Crippen MR) is 115 cm³/mol. The summed E-state index contributed by atoms with van der Waals surface area (Å²) in [4.78, 5) is 16.1. The summed E-state index contributed by atoms with van der Waals surface area (Å²) in [7, 11) is 4.54. The Hall–Kier alpha value is -2.62. The van der Waals surface area contributed by atoms with E-state index in [1.807, 2.05) is 13.8 Å². The summed E-state index contributed by atoms with van der Waals surface area (Å²) in [6.45, 7) is 3.84. The van der Waals surface area contributed by atoms with E-state index in [-0.39, 0.29) is 29.9 Å². The molecule has 1 saturated heterocycles. The SMILES string of the molecule is CC1CCC(C(=O)Nc2ccnc(C(C)N)c2)O1.COC.COc1cccc(F)c1F. The number of pyridine rings is 1. The predicted octanol–water partition coefficient (Wildman–Crippen LogP) is 3.84. The molecule has 0 aliphatic carbocycles. The summed E-state index contributed by atoms with van der Waals surface area (Å²) in [6.07, 6.45) is 3.18. The number of benzene rings is 1. The van der Waals surface area contributed by atoms with Gasteiger partial charge in [-0.2, -0.15) is 4.39 Å². The van der Waals surface area contributed by atoms with Gasteiger partial charge in [-0.25, -0.2) is 4.39 Å². The molecule has 0 spiro atoms. The summed E-state index contributed by atoms with van der Waals surface area (Å²) in [5.41, 5.74) is 7.23. The van der Waals surface area contributed by atoms with Crippen LogP contribution in [0.15, 0.2) is 36.5 Å². The molecular formula is C22H31F2N3O4. The normalized spacial score (nSPS) is 18.1. The van der Waals surface area contributed by atoms with Gasteiger partial charge in [0.2, 0.25) is 5.82 Å². The average Bonchev–Trinajstić information content (AvgIpc) is 3.18. The van der Waals surface area contributed by atoms with Crippen LogP contribution in [0.5, 0.6) is 5.75 Å². The minimum absolute atomic E-state index is 0.0694. The summed E-state index contributed by atoms with van der Waals surface area (Å²) in [6, 6.07) is 7.18. The van der Waals surface area contributed by atoms with Crippen LogP contribution in [0.1, 0.15) is 38.4 Å². The Bertz CT molecular complexity index is 821. The largest absolute Gasteiger partial charge is 0.494 e. The molecule has 1 aromatic carbocycles. The van der Waals surface area contributed by atoms with Gasteiger partial charge in [0.05, 0.1) is 18.9 Å². The second-order valence-corrected chi connectivity index (χ2v) is 6.92. The summed E-state index contributed by atoms with van der Waals surface area (Å²) >= 11 is 0. The Morgan fingerprint density at radius 3 is 2.45 bits per heavy atom. The van der Waals surface area contributed by atoms with Crippen LogP contribution in [0.25, 0.3) is 0 Å². The van der Waals surface area contributed by atoms with Crippen LogP contribution in [0, 0.1) is 11.6 Å². The van der Waals surface area contributed by atoms with Crippen molar-refractivity contribution in [1.82, 2.24) is 4.98 Å². The molecule has 0 bridgehead atoms. The van der Waals surface area contributed by atoms with E-state index >= 15 is 0 Å². The van der Waals surface area contributed by atoms with Crippen molar-refractivity contribution >= 4 is 11.6 Å². The number of hydrogen-bond acceptors (Lipinski definition) is 6. The number of carbonyl (C=O) groups excluding carboxylic acids is 1. The van der Waals surface area contributed by atoms with Gasteiger partial charge >= 0.3 is 0 Å². The van der Waals surface area contributed by atoms with Gasteiger partial charge in [0.25, 0.3) is 5.91 Å². The van der Waals surface area contributed by atoms with Gasteiger partial charge < -0.3 is 25.3 Å². The van der Waals surface area contributed by atoms with E-state index in [1.54, 1.807) is 32.5 Å². The first kappa shape index (κ1) is 26.4. The van der Waals surface area contributed by atoms with Crippen molar-refractivity contribution in [2.24, 2.45) is 5.73 Å². The molecule has 1 amide bonds. The number of nitrogens with two attached hydrogens (primary N) is 1. The van der Waals surface area contributed by atoms with E-state index in [1.165, 1.54) is 19.2 Å². The molecule has 3 unspecified atom stereocenters. The second-order valence-electron chi connectivity index (χ2n) is 6.92. The Labute approximate surface area is 181 Å². The fourth-order valence-electron chi connectivity index (χ4n) is 2.63. The number of amides is 1. The molecule has 3 N–H and O–H groups in total. The summed E-state index contributed by atoms with van der Waals surface area (Å²) in [5, 5.41) is 2.84. The molecule has 2 aromatic rings. The lowest BCUT2D eigenvalue weighted by Crippen LogP contribution is -2.27. The number of anilines is 1. The summed E-state index contributed by atoms with van der Waals surface area (Å²) in [5.74, 6) is -1.99. The number of hydrogen-bond donors (Lipinski definition) is 2. The van der Waals surface area contributed by atoms with Gasteiger partial charge in [0, 0.05) is 32.1 Å². The van der Waals surface area contributed by atoms with Crippen molar-refractivity contribution in [1.29, 1.82) is 0 Å². The average molecular weight is 440 g/mol. The molecule has 3 atom stereocenters. The molecular weight excluding hydrogens is 408 g/mol. The molecule has 1 aliphatic heterocycles. The number of rotatable bonds is 4. The van der Waals surface area contributed by atoms with Crippen LogP contribution in [0.4, 0.5) is 14.5 Å². The highest BCUT2D eigenvalue weighted by molar-refractivity contribution is 5.94. The second kappa shape index (κ2) is 13.6. The lowest BCUT2D eigenvalue weighted by atomic mass is 10.2. The molecule has 1 aliphatic rings. The number of halogens is 2. The smallest absolute Gasteiger partial charge is 0.253 e. The van der Waals surface area contributed by atoms with Crippen molar-refractivity contribution in [3.8, 4) is 5.75 Å². The molecule has 31 heavy (non-hydrogen) atoms. The van der Waals surface area contributed by atoms with Gasteiger partial charge in [-0.3, -0.25) is 9.78 Å². The maximum Gasteiger partial charge on any atom is 0.253 e. The first-order valence-electron chi connectivity index (χ1n) is 9.79. The lowest BCUT2D eigenvalue weighted by Gasteiger charge is -2.12. The third-order valence-corrected chi connectivity index (χ3v) is 4.18. The molecule has 7 nitrogen and oxygen atoms in total. The number of nitrogens with zero attached hydrogens (tertiary/aromatic N) is 1. The van der Waals surface area contributed by atoms with E-state index < -0.39 is 11.6 Å². The van der Waals surface area contributed by atoms with E-state index in [9.17, 15) is 13.6 Å². The molecule has 1 fully saturated rings. The number of carbonyl (C=O) groups is 1. The van der Waals surface area contributed by atoms with E-state index in [2.05, 4.69) is 19.8 Å². The maximum atomic E-state index is 12.5. The topological polar surface area (TPSA) is 95.7 Å². The lowest BCUT2D eigenvalue weighted by molar-refractivity contribution is -0.126. The quantitative estimate of drug-likeness (QED) is 0.752. The minimum atomic E-state index is -0.940. The Morgan fingerprint density at radius 1 is 1.26 bits per heavy atom. The van der Waals surface area contributed by atoms with Crippen LogP contribution >= 0.6 is 0 Å². The Balaban J connectivity index is 0.000000311. The number of nitrogens with one attached hydrogen (secondary N) is 1. The molecule has 3 rings (SSSR count). The summed E-state index contributed by atoms with van der Waals surface area (Å²) < 4.78 is 39.1. The first-order chi connectivity index (χ1) is 14.7. The van der Waals surface area contributed by atoms with Crippen LogP contribution in [-0.2, 0) is 14.3 Å². The molecule has 0 radical (unpaired) electrons. The third-order valence-electron chi connectivity index (χ3n) is 4.18. The van der Waals surface area contributed by atoms with Crippen LogP contribution in [0.3, 0.4) is 0 Å². The molecule has 2 heterocycles. The van der Waals surface area contributed by atoms with E-state index in [0.29, 0.717) is 5.69 Å². The van der Waals surface area contributed by atoms with Crippen LogP contribution in [0.2, 0.25) is 0 Å². The van der Waals surface area contributed by atoms with E-state index in [4.69, 9.17) is 10.5 Å². The van der Waals surface area contributed by atoms with Crippen molar-refractivity contribution in [2.45, 2.75) is 44.9 Å². The number of methoxy groups -OCH3 is 2. The fraction of sp³-hybridized carbons (Fsp3) is 0.455. The fourth-order valence-corrected chi connectivity index (χ4v) is 2.63. The van der Waals surface area contributed by atoms with Crippen molar-refractivity contribution in [3.63, 3.8) is 0 Å². The van der Waals surface area contributed by atoms with Gasteiger partial charge in [0.15, 0.2) is 11.6 Å². The highest BCUT2D eigenvalue weighted by Crippen LogP contribution is 2.21. The number of ether oxygens (including phenoxy) is 3. The van der Waals surface area contributed by atoms with Crippen LogP contribution in [-0.4, -0.2) is 44.4 Å². The third kappa shape index (κ3) is 8.95. The molecule has 9 heteroatoms. The van der Waals surface area contributed by atoms with Crippen molar-refractivity contribution in [2.75, 3.05) is 26.6 Å². The molecule has 1 aromatic heterocycles. The van der Waals surface area contributed by atoms with Gasteiger partial charge in [0.1, 0.15) is 6.10 Å². The van der Waals surface area contributed by atoms with E-state index in [0.717, 1.165) is 24.6 Å². The zero-order valence-corrected chi connectivity index (χ0v) is 18.5. The van der Waals surface area contributed by atoms with Gasteiger partial charge in [-0.1, -0.05) is 6.07 Å². The minimum Gasteiger partial charge on any atom is -0.494 e. The van der Waals surface area contributed by atoms with Crippen molar-refractivity contribution < 1.29 is 27.8 Å². The monoisotopic (exact) mass is 439 g/mol. The maximum absolute atomic E-state index is 12.5. The standard InChI is InChI=1S/C13H19N3O2.C7H6F2O.C2H6O/c1-8-3-4-12(18-8)13(17)16-10-5-6-15-11(7-10)9(2)14;1-10-6-4-2-3-5(8)7(6)9;1-3-2/h5-9,12H,3-4,14H2,1-2H3,(H,15,16,17);2-4H,1H3;1-2H3. The van der Waals surface area contributed by atoms with Crippen molar-refractivity contribution in [3.05, 3.63) is 53.9 Å². The van der Waals surface area contributed by atoms with Gasteiger partial charge in [-0.15, -0.1) is 0 Å². The van der Waals surface area contributed by atoms with Crippen LogP contribution < -0.4 is 15.8 Å². The zero-order valence-electron chi connectivity index (χ0n) is 18.5. The molecule has 0 saturated carbocycles. The number of aromatic nitrogens is 1. The van der Waals surface area contributed by atoms with Gasteiger partial charge in [-0.05, 0) is 51.0 Å². The first-order valence-corrected chi connectivity index (χ1v) is 9.79. The Morgan fingerprint density at radius 2 is 1.94 bits per heavy atom. The highest BCUT2D eigenvalue weighted by Gasteiger charge is 2.28. The highest BCUT2D eigenvalue weighted by atomic mass is 19.2. The molecule has 172 valence electrons. The Kier molecular flexibility index (Phi) is 11.6. The zero-order chi connectivity index (χ0) is 23.4.